The molecule has 0 aliphatic carbocycles. The molecule has 0 unspecified atom stereocenters. The van der Waals surface area contributed by atoms with Gasteiger partial charge in [-0.1, -0.05) is 6.08 Å². The van der Waals surface area contributed by atoms with Gasteiger partial charge in [-0.2, -0.15) is 0 Å². The Bertz CT molecular complexity index is 257. The topological polar surface area (TPSA) is 36.9 Å². The van der Waals surface area contributed by atoms with Crippen LogP contribution in [0, 0.1) is 0 Å². The van der Waals surface area contributed by atoms with Gasteiger partial charge in [-0.25, -0.2) is 0 Å². The first kappa shape index (κ1) is 13.9. The maximum Gasteiger partial charge on any atom is 0.405 e. The SMILES string of the molecule is CC=C1CCC[Si](OC)(OC)C1(OC)OC. The molecule has 0 aromatic carbocycles. The molecule has 0 atom stereocenters. The van der Waals surface area contributed by atoms with Crippen molar-refractivity contribution < 1.29 is 18.3 Å². The van der Waals surface area contributed by atoms with Gasteiger partial charge in [0.2, 0.25) is 5.41 Å². The molecule has 16 heavy (non-hydrogen) atoms. The van der Waals surface area contributed by atoms with Crippen LogP contribution in [0.5, 0.6) is 0 Å². The van der Waals surface area contributed by atoms with Crippen molar-refractivity contribution in [3.8, 4) is 0 Å². The zero-order valence-corrected chi connectivity index (χ0v) is 11.8. The van der Waals surface area contributed by atoms with Crippen molar-refractivity contribution in [3.63, 3.8) is 0 Å². The highest BCUT2D eigenvalue weighted by molar-refractivity contribution is 6.71. The van der Waals surface area contributed by atoms with E-state index in [9.17, 15) is 0 Å². The quantitative estimate of drug-likeness (QED) is 0.432. The van der Waals surface area contributed by atoms with Gasteiger partial charge in [-0.3, -0.25) is 0 Å². The van der Waals surface area contributed by atoms with Gasteiger partial charge in [0.1, 0.15) is 0 Å². The summed E-state index contributed by atoms with van der Waals surface area (Å²) in [4.78, 5) is 0. The molecule has 0 N–H and O–H groups in total. The highest BCUT2D eigenvalue weighted by Crippen LogP contribution is 2.43. The Kier molecular flexibility index (Phi) is 4.69. The second kappa shape index (κ2) is 5.42. The summed E-state index contributed by atoms with van der Waals surface area (Å²) >= 11 is 0. The van der Waals surface area contributed by atoms with Crippen molar-refractivity contribution in [2.45, 2.75) is 31.2 Å². The van der Waals surface area contributed by atoms with E-state index in [-0.39, 0.29) is 0 Å². The Morgan fingerprint density at radius 2 is 1.69 bits per heavy atom. The molecule has 5 heteroatoms. The van der Waals surface area contributed by atoms with Gasteiger partial charge in [0.15, 0.2) is 0 Å². The number of rotatable bonds is 4. The van der Waals surface area contributed by atoms with Gasteiger partial charge in [0.25, 0.3) is 0 Å². The number of methoxy groups -OCH3 is 2. The first-order valence-corrected chi connectivity index (χ1v) is 7.55. The van der Waals surface area contributed by atoms with Gasteiger partial charge in [0.05, 0.1) is 0 Å². The minimum Gasteiger partial charge on any atom is -0.394 e. The number of ether oxygens (including phenoxy) is 2. The molecule has 1 heterocycles. The summed E-state index contributed by atoms with van der Waals surface area (Å²) in [6, 6.07) is 0.888. The van der Waals surface area contributed by atoms with Crippen molar-refractivity contribution in [3.05, 3.63) is 11.6 Å². The van der Waals surface area contributed by atoms with Crippen LogP contribution in [0.2, 0.25) is 6.04 Å². The fraction of sp³-hybridized carbons (Fsp3) is 0.818. The predicted octanol–water partition coefficient (Wildman–Crippen LogP) is 1.99. The van der Waals surface area contributed by atoms with Crippen molar-refractivity contribution in [1.82, 2.24) is 0 Å². The molecule has 0 aromatic heterocycles. The van der Waals surface area contributed by atoms with Crippen LogP contribution in [0.4, 0.5) is 0 Å². The Labute approximate surface area is 98.8 Å². The van der Waals surface area contributed by atoms with Gasteiger partial charge in [0, 0.05) is 28.4 Å². The summed E-state index contributed by atoms with van der Waals surface area (Å²) < 4.78 is 22.7. The molecule has 0 spiro atoms. The maximum atomic E-state index is 5.68. The fourth-order valence-electron chi connectivity index (χ4n) is 2.63. The fourth-order valence-corrected chi connectivity index (χ4v) is 6.10. The average Bonchev–Trinajstić information content (AvgIpc) is 2.37. The molecule has 1 rings (SSSR count). The number of hydrogen-bond donors (Lipinski definition) is 0. The second-order valence-electron chi connectivity index (χ2n) is 3.85. The molecule has 1 aliphatic heterocycles. The van der Waals surface area contributed by atoms with E-state index < -0.39 is 14.0 Å². The standard InChI is InChI=1S/C11H22O4Si/c1-6-10-8-7-9-16(14-4,15-5)11(10,12-2)13-3/h6H,7-9H2,1-5H3. The van der Waals surface area contributed by atoms with E-state index in [4.69, 9.17) is 18.3 Å². The largest absolute Gasteiger partial charge is 0.405 e. The van der Waals surface area contributed by atoms with E-state index >= 15 is 0 Å². The van der Waals surface area contributed by atoms with Crippen LogP contribution >= 0.6 is 0 Å². The van der Waals surface area contributed by atoms with Crippen LogP contribution < -0.4 is 0 Å². The van der Waals surface area contributed by atoms with Crippen LogP contribution in [0.15, 0.2) is 11.6 Å². The lowest BCUT2D eigenvalue weighted by molar-refractivity contribution is -0.152. The Balaban J connectivity index is 3.24. The van der Waals surface area contributed by atoms with Crippen LogP contribution in [0.1, 0.15) is 19.8 Å². The monoisotopic (exact) mass is 246 g/mol. The molecule has 1 saturated heterocycles. The molecule has 0 radical (unpaired) electrons. The Hall–Kier alpha value is -0.203. The lowest BCUT2D eigenvalue weighted by Crippen LogP contribution is -2.66. The van der Waals surface area contributed by atoms with Crippen LogP contribution in [-0.4, -0.2) is 42.4 Å². The smallest absolute Gasteiger partial charge is 0.394 e. The summed E-state index contributed by atoms with van der Waals surface area (Å²) in [6.45, 7) is 2.00. The number of allylic oxidation sites excluding steroid dienone is 1. The highest BCUT2D eigenvalue weighted by atomic mass is 28.4. The summed E-state index contributed by atoms with van der Waals surface area (Å²) in [5.74, 6) is 0. The molecule has 1 aliphatic rings. The zero-order valence-electron chi connectivity index (χ0n) is 10.8. The summed E-state index contributed by atoms with van der Waals surface area (Å²) in [6.07, 6.45) is 4.08. The highest BCUT2D eigenvalue weighted by Gasteiger charge is 2.62. The summed E-state index contributed by atoms with van der Waals surface area (Å²) in [5, 5.41) is 0. The van der Waals surface area contributed by atoms with E-state index in [1.54, 1.807) is 28.4 Å². The molecule has 0 aromatic rings. The lowest BCUT2D eigenvalue weighted by Gasteiger charge is -2.47. The molecule has 0 saturated carbocycles. The minimum absolute atomic E-state index is 0.802. The van der Waals surface area contributed by atoms with Crippen LogP contribution in [0.3, 0.4) is 0 Å². The van der Waals surface area contributed by atoms with Crippen LogP contribution in [-0.2, 0) is 18.3 Å². The van der Waals surface area contributed by atoms with E-state index in [1.807, 2.05) is 13.0 Å². The van der Waals surface area contributed by atoms with Crippen molar-refractivity contribution in [2.24, 2.45) is 0 Å². The third-order valence-corrected chi connectivity index (χ3v) is 7.52. The molecule has 4 nitrogen and oxygen atoms in total. The van der Waals surface area contributed by atoms with E-state index in [1.165, 1.54) is 0 Å². The molecular weight excluding hydrogens is 224 g/mol. The Morgan fingerprint density at radius 3 is 2.06 bits per heavy atom. The number of hydrogen-bond acceptors (Lipinski definition) is 4. The first-order valence-electron chi connectivity index (χ1n) is 5.52. The first-order chi connectivity index (χ1) is 7.66. The van der Waals surface area contributed by atoms with Gasteiger partial charge in [-0.15, -0.1) is 0 Å². The molecule has 94 valence electrons. The molecular formula is C11H22O4Si. The maximum absolute atomic E-state index is 5.68. The second-order valence-corrected chi connectivity index (χ2v) is 7.33. The van der Waals surface area contributed by atoms with Gasteiger partial charge >= 0.3 is 8.56 Å². The lowest BCUT2D eigenvalue weighted by atomic mass is 10.1. The summed E-state index contributed by atoms with van der Waals surface area (Å²) in [5.41, 5.74) is 0.322. The van der Waals surface area contributed by atoms with Gasteiger partial charge < -0.3 is 18.3 Å². The van der Waals surface area contributed by atoms with Crippen LogP contribution in [0.25, 0.3) is 0 Å². The van der Waals surface area contributed by atoms with Crippen molar-refractivity contribution in [1.29, 1.82) is 0 Å². The Morgan fingerprint density at radius 1 is 1.12 bits per heavy atom. The molecule has 1 fully saturated rings. The summed E-state index contributed by atoms with van der Waals surface area (Å²) in [7, 11) is 4.16. The third-order valence-electron chi connectivity index (χ3n) is 3.46. The average molecular weight is 246 g/mol. The predicted molar refractivity (Wildman–Crippen MR) is 64.3 cm³/mol. The normalized spacial score (nSPS) is 25.9. The molecule has 0 amide bonds. The van der Waals surface area contributed by atoms with E-state index in [0.29, 0.717) is 0 Å². The van der Waals surface area contributed by atoms with E-state index in [2.05, 4.69) is 0 Å². The zero-order chi connectivity index (χ0) is 12.2. The van der Waals surface area contributed by atoms with Crippen molar-refractivity contribution >= 4 is 8.56 Å². The minimum atomic E-state index is -2.51. The van der Waals surface area contributed by atoms with Gasteiger partial charge in [-0.05, 0) is 31.4 Å². The molecule has 0 bridgehead atoms. The van der Waals surface area contributed by atoms with E-state index in [0.717, 1.165) is 24.5 Å². The third kappa shape index (κ3) is 1.76. The van der Waals surface area contributed by atoms with Crippen molar-refractivity contribution in [2.75, 3.05) is 28.4 Å².